The van der Waals surface area contributed by atoms with Crippen LogP contribution < -0.4 is 0 Å². The Balaban J connectivity index is 1.67. The Labute approximate surface area is 161 Å². The third-order valence-corrected chi connectivity index (χ3v) is 5.19. The van der Waals surface area contributed by atoms with Crippen LogP contribution >= 0.6 is 0 Å². The topological polar surface area (TPSA) is 44.8 Å². The molecule has 0 aromatic rings. The Morgan fingerprint density at radius 2 is 1.35 bits per heavy atom. The quantitative estimate of drug-likeness (QED) is 0.227. The molecule has 0 bridgehead atoms. The predicted octanol–water partition coefficient (Wildman–Crippen LogP) is 6.16. The van der Waals surface area contributed by atoms with Crippen molar-refractivity contribution in [1.82, 2.24) is 0 Å². The lowest BCUT2D eigenvalue weighted by Crippen LogP contribution is -2.22. The van der Waals surface area contributed by atoms with Crippen LogP contribution in [-0.2, 0) is 19.0 Å². The van der Waals surface area contributed by atoms with Gasteiger partial charge in [0.1, 0.15) is 0 Å². The molecule has 0 spiro atoms. The van der Waals surface area contributed by atoms with Crippen LogP contribution in [0.15, 0.2) is 0 Å². The van der Waals surface area contributed by atoms with E-state index >= 15 is 0 Å². The van der Waals surface area contributed by atoms with Gasteiger partial charge in [-0.25, -0.2) is 0 Å². The highest BCUT2D eigenvalue weighted by molar-refractivity contribution is 5.68. The lowest BCUT2D eigenvalue weighted by molar-refractivity contribution is -0.162. The van der Waals surface area contributed by atoms with Gasteiger partial charge in [-0.3, -0.25) is 4.79 Å². The van der Waals surface area contributed by atoms with Crippen LogP contribution in [0.25, 0.3) is 0 Å². The van der Waals surface area contributed by atoms with Crippen LogP contribution in [0.1, 0.15) is 109 Å². The van der Waals surface area contributed by atoms with Gasteiger partial charge in [0, 0.05) is 19.6 Å². The molecule has 1 aliphatic rings. The average molecular weight is 371 g/mol. The molecule has 26 heavy (non-hydrogen) atoms. The molecule has 0 N–H and O–H groups in total. The normalized spacial score (nSPS) is 17.3. The van der Waals surface area contributed by atoms with Crippen LogP contribution in [0, 0.1) is 0 Å². The first-order chi connectivity index (χ1) is 12.8. The lowest BCUT2D eigenvalue weighted by atomic mass is 10.0. The van der Waals surface area contributed by atoms with Crippen molar-refractivity contribution in [2.24, 2.45) is 0 Å². The second kappa shape index (κ2) is 17.8. The molecule has 4 nitrogen and oxygen atoms in total. The molecule has 1 unspecified atom stereocenters. The number of ether oxygens (including phenoxy) is 3. The fourth-order valence-electron chi connectivity index (χ4n) is 3.48. The average Bonchev–Trinajstić information content (AvgIpc) is 2.68. The summed E-state index contributed by atoms with van der Waals surface area (Å²) < 4.78 is 16.0. The van der Waals surface area contributed by atoms with Crippen molar-refractivity contribution < 1.29 is 19.0 Å². The first kappa shape index (κ1) is 23.4. The second-order valence-electron chi connectivity index (χ2n) is 7.59. The number of carbonyl (C=O) groups excluding carboxylic acids is 1. The van der Waals surface area contributed by atoms with Gasteiger partial charge in [0.15, 0.2) is 6.29 Å². The highest BCUT2D eigenvalue weighted by Crippen LogP contribution is 2.15. The third-order valence-electron chi connectivity index (χ3n) is 5.19. The Kier molecular flexibility index (Phi) is 16.0. The van der Waals surface area contributed by atoms with Crippen molar-refractivity contribution >= 4 is 5.97 Å². The minimum absolute atomic E-state index is 0.0734. The van der Waals surface area contributed by atoms with Crippen molar-refractivity contribution in [3.05, 3.63) is 0 Å². The van der Waals surface area contributed by atoms with Gasteiger partial charge >= 0.3 is 5.97 Å². The molecule has 0 aliphatic carbocycles. The monoisotopic (exact) mass is 370 g/mol. The van der Waals surface area contributed by atoms with Crippen molar-refractivity contribution in [3.63, 3.8) is 0 Å². The van der Waals surface area contributed by atoms with Gasteiger partial charge in [-0.15, -0.1) is 0 Å². The molecule has 1 saturated heterocycles. The van der Waals surface area contributed by atoms with E-state index in [4.69, 9.17) is 9.47 Å². The van der Waals surface area contributed by atoms with Crippen molar-refractivity contribution in [3.8, 4) is 0 Å². The Bertz CT molecular complexity index is 313. The maximum atomic E-state index is 11.0. The molecule has 1 atom stereocenters. The van der Waals surface area contributed by atoms with Gasteiger partial charge in [-0.1, -0.05) is 70.6 Å². The number of methoxy groups -OCH3 is 1. The number of hydrogen-bond donors (Lipinski definition) is 0. The molecular weight excluding hydrogens is 328 g/mol. The van der Waals surface area contributed by atoms with Crippen molar-refractivity contribution in [1.29, 1.82) is 0 Å². The van der Waals surface area contributed by atoms with Gasteiger partial charge in [-0.2, -0.15) is 0 Å². The molecule has 1 aliphatic heterocycles. The van der Waals surface area contributed by atoms with Gasteiger partial charge in [-0.05, 0) is 32.1 Å². The van der Waals surface area contributed by atoms with E-state index in [2.05, 4.69) is 4.74 Å². The number of hydrogen-bond acceptors (Lipinski definition) is 4. The van der Waals surface area contributed by atoms with E-state index in [-0.39, 0.29) is 12.3 Å². The summed E-state index contributed by atoms with van der Waals surface area (Å²) in [6.45, 7) is 1.74. The van der Waals surface area contributed by atoms with Crippen molar-refractivity contribution in [2.75, 3.05) is 20.3 Å². The lowest BCUT2D eigenvalue weighted by Gasteiger charge is -2.22. The molecule has 0 aromatic heterocycles. The summed E-state index contributed by atoms with van der Waals surface area (Å²) in [7, 11) is 1.46. The zero-order valence-electron chi connectivity index (χ0n) is 17.1. The predicted molar refractivity (Wildman–Crippen MR) is 106 cm³/mol. The Morgan fingerprint density at radius 3 is 1.85 bits per heavy atom. The number of rotatable bonds is 17. The smallest absolute Gasteiger partial charge is 0.305 e. The minimum atomic E-state index is -0.0734. The highest BCUT2D eigenvalue weighted by Gasteiger charge is 2.13. The first-order valence-corrected chi connectivity index (χ1v) is 11.1. The van der Waals surface area contributed by atoms with E-state index in [9.17, 15) is 4.79 Å². The maximum Gasteiger partial charge on any atom is 0.305 e. The van der Waals surface area contributed by atoms with Gasteiger partial charge in [0.25, 0.3) is 0 Å². The Hall–Kier alpha value is -0.610. The van der Waals surface area contributed by atoms with E-state index in [0.29, 0.717) is 6.42 Å². The maximum absolute atomic E-state index is 11.0. The van der Waals surface area contributed by atoms with E-state index in [0.717, 1.165) is 32.5 Å². The molecule has 0 radical (unpaired) electrons. The van der Waals surface area contributed by atoms with E-state index in [1.807, 2.05) is 0 Å². The number of unbranched alkanes of at least 4 members (excludes halogenated alkanes) is 12. The van der Waals surface area contributed by atoms with Gasteiger partial charge < -0.3 is 14.2 Å². The zero-order chi connectivity index (χ0) is 18.7. The SMILES string of the molecule is COC(=O)CCCCCCCCCCCCCCCOC1CCCCO1. The molecule has 154 valence electrons. The molecule has 1 fully saturated rings. The molecule has 0 saturated carbocycles. The first-order valence-electron chi connectivity index (χ1n) is 11.1. The second-order valence-corrected chi connectivity index (χ2v) is 7.59. The zero-order valence-corrected chi connectivity index (χ0v) is 17.1. The fourth-order valence-corrected chi connectivity index (χ4v) is 3.48. The van der Waals surface area contributed by atoms with Crippen LogP contribution in [0.3, 0.4) is 0 Å². The number of esters is 1. The van der Waals surface area contributed by atoms with E-state index in [1.165, 1.54) is 90.6 Å². The largest absolute Gasteiger partial charge is 0.469 e. The van der Waals surface area contributed by atoms with E-state index < -0.39 is 0 Å². The van der Waals surface area contributed by atoms with E-state index in [1.54, 1.807) is 0 Å². The highest BCUT2D eigenvalue weighted by atomic mass is 16.7. The third kappa shape index (κ3) is 14.5. The summed E-state index contributed by atoms with van der Waals surface area (Å²) in [6, 6.07) is 0. The fraction of sp³-hybridized carbons (Fsp3) is 0.955. The molecule has 1 heterocycles. The summed E-state index contributed by atoms with van der Waals surface area (Å²) in [4.78, 5) is 11.0. The van der Waals surface area contributed by atoms with Crippen LogP contribution in [0.5, 0.6) is 0 Å². The summed E-state index contributed by atoms with van der Waals surface area (Å²) in [5.41, 5.74) is 0. The Morgan fingerprint density at radius 1 is 0.808 bits per heavy atom. The molecule has 1 rings (SSSR count). The summed E-state index contributed by atoms with van der Waals surface area (Å²) in [5.74, 6) is -0.0734. The molecular formula is C22H42O4. The summed E-state index contributed by atoms with van der Waals surface area (Å²) >= 11 is 0. The minimum Gasteiger partial charge on any atom is -0.469 e. The van der Waals surface area contributed by atoms with Crippen LogP contribution in [-0.4, -0.2) is 32.6 Å². The van der Waals surface area contributed by atoms with Gasteiger partial charge in [0.05, 0.1) is 7.11 Å². The molecule has 4 heteroatoms. The van der Waals surface area contributed by atoms with Crippen molar-refractivity contribution in [2.45, 2.75) is 115 Å². The summed E-state index contributed by atoms with van der Waals surface area (Å²) in [5, 5.41) is 0. The molecule has 0 amide bonds. The van der Waals surface area contributed by atoms with Gasteiger partial charge in [0.2, 0.25) is 0 Å². The van der Waals surface area contributed by atoms with Crippen LogP contribution in [0.2, 0.25) is 0 Å². The number of carbonyl (C=O) groups is 1. The summed E-state index contributed by atoms with van der Waals surface area (Å²) in [6.07, 6.45) is 20.9. The standard InChI is InChI=1S/C22H42O4/c1-24-21(23)17-13-11-9-7-5-3-2-4-6-8-10-12-15-19-25-22-18-14-16-20-26-22/h22H,2-20H2,1H3. The molecule has 0 aromatic carbocycles. The van der Waals surface area contributed by atoms with Crippen LogP contribution in [0.4, 0.5) is 0 Å².